The first-order valence-corrected chi connectivity index (χ1v) is 4.60. The topological polar surface area (TPSA) is 66.5 Å². The van der Waals surface area contributed by atoms with Gasteiger partial charge in [-0.2, -0.15) is 4.90 Å². The van der Waals surface area contributed by atoms with Gasteiger partial charge in [-0.1, -0.05) is 18.2 Å². The van der Waals surface area contributed by atoms with Gasteiger partial charge in [-0.3, -0.25) is 9.59 Å². The molecule has 0 saturated carbocycles. The summed E-state index contributed by atoms with van der Waals surface area (Å²) in [5.74, 6) is -1.25. The van der Waals surface area contributed by atoms with Crippen molar-refractivity contribution in [3.63, 3.8) is 0 Å². The largest absolute Gasteiger partial charge is 0.336 e. The quantitative estimate of drug-likeness (QED) is 0.716. The van der Waals surface area contributed by atoms with Gasteiger partial charge in [0.2, 0.25) is 0 Å². The predicted octanol–water partition coefficient (Wildman–Crippen LogP) is 1.14. The van der Waals surface area contributed by atoms with E-state index < -0.39 is 17.8 Å². The predicted molar refractivity (Wildman–Crippen MR) is 56.5 cm³/mol. The molecule has 0 unspecified atom stereocenters. The minimum absolute atomic E-state index is 0.528. The Hall–Kier alpha value is -2.43. The number of para-hydroxylation sites is 1. The maximum absolute atomic E-state index is 11.6. The highest BCUT2D eigenvalue weighted by molar-refractivity contribution is 6.24. The first kappa shape index (κ1) is 10.1. The van der Waals surface area contributed by atoms with Crippen LogP contribution in [0.25, 0.3) is 0 Å². The third-order valence-corrected chi connectivity index (χ3v) is 2.04. The number of rotatable bonds is 1. The molecule has 0 fully saturated rings. The van der Waals surface area contributed by atoms with E-state index in [4.69, 9.17) is 0 Å². The van der Waals surface area contributed by atoms with E-state index in [0.717, 1.165) is 12.2 Å². The van der Waals surface area contributed by atoms with Crippen molar-refractivity contribution in [3.8, 4) is 0 Å². The van der Waals surface area contributed by atoms with Gasteiger partial charge < -0.3 is 5.32 Å². The summed E-state index contributed by atoms with van der Waals surface area (Å²) in [4.78, 5) is 34.5. The number of carbonyl (C=O) groups excluding carboxylic acids is 3. The lowest BCUT2D eigenvalue weighted by Crippen LogP contribution is -2.39. The second kappa shape index (κ2) is 3.98. The van der Waals surface area contributed by atoms with E-state index in [9.17, 15) is 14.4 Å². The lowest BCUT2D eigenvalue weighted by Gasteiger charge is -2.12. The van der Waals surface area contributed by atoms with Crippen molar-refractivity contribution < 1.29 is 14.4 Å². The molecule has 1 N–H and O–H groups in total. The highest BCUT2D eigenvalue weighted by atomic mass is 16.2. The maximum atomic E-state index is 11.6. The summed E-state index contributed by atoms with van der Waals surface area (Å²) in [5.41, 5.74) is 0.528. The number of nitrogens with one attached hydrogen (secondary N) is 1. The van der Waals surface area contributed by atoms with Crippen LogP contribution in [0.2, 0.25) is 0 Å². The second-order valence-electron chi connectivity index (χ2n) is 3.14. The molecule has 1 aromatic rings. The Morgan fingerprint density at radius 3 is 2.12 bits per heavy atom. The van der Waals surface area contributed by atoms with Crippen molar-refractivity contribution in [1.29, 1.82) is 0 Å². The second-order valence-corrected chi connectivity index (χ2v) is 3.14. The molecule has 0 atom stereocenters. The number of hydrogen-bond acceptors (Lipinski definition) is 3. The van der Waals surface area contributed by atoms with Crippen LogP contribution in [-0.2, 0) is 9.59 Å². The molecule has 5 heteroatoms. The molecule has 0 aliphatic carbocycles. The molecule has 0 saturated heterocycles. The number of imide groups is 3. The molecule has 16 heavy (non-hydrogen) atoms. The Bertz CT molecular complexity index is 461. The van der Waals surface area contributed by atoms with E-state index >= 15 is 0 Å². The lowest BCUT2D eigenvalue weighted by atomic mass is 10.3. The van der Waals surface area contributed by atoms with Crippen molar-refractivity contribution in [2.75, 3.05) is 5.32 Å². The van der Waals surface area contributed by atoms with Crippen LogP contribution in [0.15, 0.2) is 42.5 Å². The molecular weight excluding hydrogens is 208 g/mol. The van der Waals surface area contributed by atoms with E-state index in [2.05, 4.69) is 5.32 Å². The number of carbonyl (C=O) groups is 3. The Balaban J connectivity index is 2.10. The Labute approximate surface area is 91.4 Å². The van der Waals surface area contributed by atoms with Crippen LogP contribution in [-0.4, -0.2) is 22.7 Å². The van der Waals surface area contributed by atoms with Crippen molar-refractivity contribution in [3.05, 3.63) is 42.5 Å². The van der Waals surface area contributed by atoms with Gasteiger partial charge in [0.05, 0.1) is 0 Å². The highest BCUT2D eigenvalue weighted by Gasteiger charge is 2.29. The van der Waals surface area contributed by atoms with E-state index in [-0.39, 0.29) is 0 Å². The SMILES string of the molecule is O=C1C=CC(=O)N1C(=O)Nc1ccccc1. The number of nitrogens with zero attached hydrogens (tertiary/aromatic N) is 1. The van der Waals surface area contributed by atoms with Crippen LogP contribution in [0.4, 0.5) is 10.5 Å². The van der Waals surface area contributed by atoms with Gasteiger partial charge in [0.15, 0.2) is 0 Å². The fraction of sp³-hybridized carbons (Fsp3) is 0. The molecule has 1 aromatic carbocycles. The molecule has 80 valence electrons. The minimum Gasteiger partial charge on any atom is -0.307 e. The van der Waals surface area contributed by atoms with Gasteiger partial charge in [-0.25, -0.2) is 4.79 Å². The van der Waals surface area contributed by atoms with Crippen LogP contribution >= 0.6 is 0 Å². The van der Waals surface area contributed by atoms with E-state index in [1.807, 2.05) is 0 Å². The summed E-state index contributed by atoms with van der Waals surface area (Å²) < 4.78 is 0. The summed E-state index contributed by atoms with van der Waals surface area (Å²) in [6.45, 7) is 0. The van der Waals surface area contributed by atoms with Crippen LogP contribution in [0.3, 0.4) is 0 Å². The lowest BCUT2D eigenvalue weighted by molar-refractivity contribution is -0.132. The molecule has 0 radical (unpaired) electrons. The molecule has 0 spiro atoms. The number of benzene rings is 1. The van der Waals surface area contributed by atoms with Crippen molar-refractivity contribution in [1.82, 2.24) is 4.90 Å². The molecule has 1 aliphatic heterocycles. The van der Waals surface area contributed by atoms with Crippen LogP contribution in [0, 0.1) is 0 Å². The Kier molecular flexibility index (Phi) is 2.51. The van der Waals surface area contributed by atoms with Gasteiger partial charge in [0.1, 0.15) is 0 Å². The molecule has 5 nitrogen and oxygen atoms in total. The van der Waals surface area contributed by atoms with Gasteiger partial charge in [0.25, 0.3) is 11.8 Å². The zero-order valence-corrected chi connectivity index (χ0v) is 8.21. The van der Waals surface area contributed by atoms with Gasteiger partial charge >= 0.3 is 6.03 Å². The van der Waals surface area contributed by atoms with E-state index in [0.29, 0.717) is 10.6 Å². The smallest absolute Gasteiger partial charge is 0.307 e. The monoisotopic (exact) mass is 216 g/mol. The van der Waals surface area contributed by atoms with E-state index in [1.54, 1.807) is 30.3 Å². The first-order chi connectivity index (χ1) is 7.68. The van der Waals surface area contributed by atoms with Crippen molar-refractivity contribution in [2.45, 2.75) is 0 Å². The summed E-state index contributed by atoms with van der Waals surface area (Å²) in [7, 11) is 0. The summed E-state index contributed by atoms with van der Waals surface area (Å²) >= 11 is 0. The zero-order valence-electron chi connectivity index (χ0n) is 8.21. The van der Waals surface area contributed by atoms with Crippen molar-refractivity contribution >= 4 is 23.5 Å². The fourth-order valence-corrected chi connectivity index (χ4v) is 1.30. The van der Waals surface area contributed by atoms with Crippen LogP contribution in [0.1, 0.15) is 0 Å². The molecule has 1 heterocycles. The highest BCUT2D eigenvalue weighted by Crippen LogP contribution is 2.09. The third kappa shape index (κ3) is 1.83. The Morgan fingerprint density at radius 2 is 1.56 bits per heavy atom. The molecule has 0 aromatic heterocycles. The standard InChI is InChI=1S/C11H8N2O3/c14-9-6-7-10(15)13(9)11(16)12-8-4-2-1-3-5-8/h1-7H,(H,12,16). The number of anilines is 1. The molecule has 1 aliphatic rings. The van der Waals surface area contributed by atoms with Crippen molar-refractivity contribution in [2.24, 2.45) is 0 Å². The van der Waals surface area contributed by atoms with Crippen LogP contribution in [0.5, 0.6) is 0 Å². The maximum Gasteiger partial charge on any atom is 0.336 e. The van der Waals surface area contributed by atoms with E-state index in [1.165, 1.54) is 0 Å². The number of urea groups is 1. The molecule has 4 amide bonds. The summed E-state index contributed by atoms with van der Waals surface area (Å²) in [6.07, 6.45) is 2.12. The summed E-state index contributed by atoms with van der Waals surface area (Å²) in [5, 5.41) is 2.45. The average molecular weight is 216 g/mol. The fourth-order valence-electron chi connectivity index (χ4n) is 1.30. The van der Waals surface area contributed by atoms with Crippen LogP contribution < -0.4 is 5.32 Å². The zero-order chi connectivity index (χ0) is 11.5. The Morgan fingerprint density at radius 1 is 1.00 bits per heavy atom. The number of hydrogen-bond donors (Lipinski definition) is 1. The number of amides is 4. The van der Waals surface area contributed by atoms with Gasteiger partial charge in [-0.15, -0.1) is 0 Å². The molecule has 0 bridgehead atoms. The van der Waals surface area contributed by atoms with Gasteiger partial charge in [0, 0.05) is 17.8 Å². The average Bonchev–Trinajstić information content (AvgIpc) is 2.60. The molecular formula is C11H8N2O3. The summed E-state index contributed by atoms with van der Waals surface area (Å²) in [6, 6.07) is 7.85. The first-order valence-electron chi connectivity index (χ1n) is 4.60. The third-order valence-electron chi connectivity index (χ3n) is 2.04. The minimum atomic E-state index is -0.744. The van der Waals surface area contributed by atoms with Gasteiger partial charge in [-0.05, 0) is 12.1 Å². The molecule has 2 rings (SSSR count). The normalized spacial score (nSPS) is 14.4.